The first kappa shape index (κ1) is 16.5. The molecule has 1 fully saturated rings. The SMILES string of the molecule is CC(C)n1cc(Br)cc1C(=O)N1CCN(S(N)(=O)=O)CC1. The van der Waals surface area contributed by atoms with Gasteiger partial charge >= 0.3 is 0 Å². The number of hydrogen-bond acceptors (Lipinski definition) is 3. The van der Waals surface area contributed by atoms with Crippen LogP contribution in [0.3, 0.4) is 0 Å². The Balaban J connectivity index is 2.13. The summed E-state index contributed by atoms with van der Waals surface area (Å²) in [5.74, 6) is -0.0940. The summed E-state index contributed by atoms with van der Waals surface area (Å²) in [6.45, 7) is 5.15. The Morgan fingerprint density at radius 3 is 2.33 bits per heavy atom. The van der Waals surface area contributed by atoms with Crippen LogP contribution in [0.25, 0.3) is 0 Å². The van der Waals surface area contributed by atoms with Gasteiger partial charge in [0.05, 0.1) is 0 Å². The first-order valence-electron chi connectivity index (χ1n) is 6.64. The molecule has 1 saturated heterocycles. The van der Waals surface area contributed by atoms with Crippen molar-refractivity contribution in [3.8, 4) is 0 Å². The normalized spacial score (nSPS) is 17.5. The van der Waals surface area contributed by atoms with Gasteiger partial charge in [-0.1, -0.05) is 0 Å². The Morgan fingerprint density at radius 1 is 1.29 bits per heavy atom. The number of nitrogens with two attached hydrogens (primary N) is 1. The van der Waals surface area contributed by atoms with Gasteiger partial charge in [-0.15, -0.1) is 0 Å². The van der Waals surface area contributed by atoms with E-state index in [-0.39, 0.29) is 25.0 Å². The lowest BCUT2D eigenvalue weighted by Crippen LogP contribution is -2.52. The molecule has 118 valence electrons. The predicted octanol–water partition coefficient (Wildman–Crippen LogP) is 0.793. The minimum Gasteiger partial charge on any atom is -0.340 e. The Labute approximate surface area is 133 Å². The van der Waals surface area contributed by atoms with Gasteiger partial charge in [0.15, 0.2) is 0 Å². The van der Waals surface area contributed by atoms with E-state index in [0.29, 0.717) is 18.8 Å². The summed E-state index contributed by atoms with van der Waals surface area (Å²) in [6, 6.07) is 1.95. The number of amides is 1. The van der Waals surface area contributed by atoms with Crippen LogP contribution in [0.15, 0.2) is 16.7 Å². The third kappa shape index (κ3) is 3.65. The fraction of sp³-hybridized carbons (Fsp3) is 0.583. The van der Waals surface area contributed by atoms with E-state index < -0.39 is 10.2 Å². The first-order valence-corrected chi connectivity index (χ1v) is 8.94. The van der Waals surface area contributed by atoms with E-state index in [9.17, 15) is 13.2 Å². The van der Waals surface area contributed by atoms with Crippen LogP contribution in [-0.4, -0.2) is 54.3 Å². The average Bonchev–Trinajstić information content (AvgIpc) is 2.79. The quantitative estimate of drug-likeness (QED) is 0.842. The van der Waals surface area contributed by atoms with Gasteiger partial charge in [-0.25, -0.2) is 5.14 Å². The summed E-state index contributed by atoms with van der Waals surface area (Å²) >= 11 is 3.38. The maximum absolute atomic E-state index is 12.6. The number of rotatable bonds is 3. The number of carbonyl (C=O) groups excluding carboxylic acids is 1. The highest BCUT2D eigenvalue weighted by atomic mass is 79.9. The summed E-state index contributed by atoms with van der Waals surface area (Å²) in [4.78, 5) is 14.2. The average molecular weight is 379 g/mol. The zero-order valence-corrected chi connectivity index (χ0v) is 14.4. The third-order valence-electron chi connectivity index (χ3n) is 3.48. The molecule has 2 N–H and O–H groups in total. The second-order valence-corrected chi connectivity index (χ2v) is 7.74. The summed E-state index contributed by atoms with van der Waals surface area (Å²) in [5.41, 5.74) is 0.598. The van der Waals surface area contributed by atoms with Crippen LogP contribution in [0, 0.1) is 0 Å². The molecule has 1 amide bonds. The predicted molar refractivity (Wildman–Crippen MR) is 83.1 cm³/mol. The maximum atomic E-state index is 12.6. The molecule has 2 heterocycles. The van der Waals surface area contributed by atoms with Crippen molar-refractivity contribution < 1.29 is 13.2 Å². The van der Waals surface area contributed by atoms with Crippen LogP contribution in [-0.2, 0) is 10.2 Å². The number of aromatic nitrogens is 1. The number of nitrogens with zero attached hydrogens (tertiary/aromatic N) is 3. The van der Waals surface area contributed by atoms with Crippen molar-refractivity contribution >= 4 is 32.0 Å². The minimum atomic E-state index is -3.67. The molecule has 1 aromatic rings. The molecule has 1 aliphatic heterocycles. The van der Waals surface area contributed by atoms with Gasteiger partial charge in [-0.3, -0.25) is 4.79 Å². The largest absolute Gasteiger partial charge is 0.340 e. The lowest BCUT2D eigenvalue weighted by atomic mass is 10.3. The van der Waals surface area contributed by atoms with Crippen molar-refractivity contribution in [1.82, 2.24) is 13.8 Å². The van der Waals surface area contributed by atoms with Crippen molar-refractivity contribution in [2.45, 2.75) is 19.9 Å². The van der Waals surface area contributed by atoms with E-state index in [4.69, 9.17) is 5.14 Å². The molecule has 9 heteroatoms. The molecule has 0 spiro atoms. The minimum absolute atomic E-state index is 0.0940. The molecule has 0 atom stereocenters. The van der Waals surface area contributed by atoms with Crippen molar-refractivity contribution in [2.75, 3.05) is 26.2 Å². The van der Waals surface area contributed by atoms with E-state index >= 15 is 0 Å². The first-order chi connectivity index (χ1) is 9.70. The van der Waals surface area contributed by atoms with Gasteiger partial charge in [-0.05, 0) is 35.8 Å². The second-order valence-electron chi connectivity index (χ2n) is 5.28. The number of halogens is 1. The van der Waals surface area contributed by atoms with E-state index in [1.807, 2.05) is 24.6 Å². The molecule has 0 aliphatic carbocycles. The fourth-order valence-corrected chi connectivity index (χ4v) is 3.46. The van der Waals surface area contributed by atoms with Gasteiger partial charge in [-0.2, -0.15) is 12.7 Å². The molecule has 0 radical (unpaired) electrons. The Hall–Kier alpha value is -0.900. The second kappa shape index (κ2) is 6.07. The highest BCUT2D eigenvalue weighted by Crippen LogP contribution is 2.21. The number of hydrogen-bond donors (Lipinski definition) is 1. The molecular weight excluding hydrogens is 360 g/mol. The smallest absolute Gasteiger partial charge is 0.277 e. The van der Waals surface area contributed by atoms with Crippen molar-refractivity contribution in [2.24, 2.45) is 5.14 Å². The molecule has 7 nitrogen and oxygen atoms in total. The Kier molecular flexibility index (Phi) is 4.76. The van der Waals surface area contributed by atoms with E-state index in [1.165, 1.54) is 4.31 Å². The summed E-state index contributed by atoms with van der Waals surface area (Å²) in [7, 11) is -3.67. The summed E-state index contributed by atoms with van der Waals surface area (Å²) in [6.07, 6.45) is 1.87. The van der Waals surface area contributed by atoms with Crippen LogP contribution in [0.2, 0.25) is 0 Å². The molecule has 0 aromatic carbocycles. The van der Waals surface area contributed by atoms with E-state index in [2.05, 4.69) is 15.9 Å². The van der Waals surface area contributed by atoms with Gasteiger partial charge in [0.25, 0.3) is 16.1 Å². The van der Waals surface area contributed by atoms with Gasteiger partial charge in [0.1, 0.15) is 5.69 Å². The van der Waals surface area contributed by atoms with Crippen LogP contribution in [0.4, 0.5) is 0 Å². The molecule has 0 saturated carbocycles. The van der Waals surface area contributed by atoms with Crippen LogP contribution in [0.1, 0.15) is 30.4 Å². The highest BCUT2D eigenvalue weighted by molar-refractivity contribution is 9.10. The molecule has 0 unspecified atom stereocenters. The molecular formula is C12H19BrN4O3S. The monoisotopic (exact) mass is 378 g/mol. The lowest BCUT2D eigenvalue weighted by molar-refractivity contribution is 0.0685. The molecule has 0 bridgehead atoms. The Morgan fingerprint density at radius 2 is 1.86 bits per heavy atom. The summed E-state index contributed by atoms with van der Waals surface area (Å²) in [5, 5.41) is 5.09. The van der Waals surface area contributed by atoms with Gasteiger partial charge < -0.3 is 9.47 Å². The number of carbonyl (C=O) groups is 1. The van der Waals surface area contributed by atoms with E-state index in [1.54, 1.807) is 11.0 Å². The van der Waals surface area contributed by atoms with Crippen LogP contribution >= 0.6 is 15.9 Å². The molecule has 2 rings (SSSR count). The standard InChI is InChI=1S/C12H19BrN4O3S/c1-9(2)17-8-10(13)7-11(17)12(18)15-3-5-16(6-4-15)21(14,19)20/h7-9H,3-6H2,1-2H3,(H2,14,19,20). The molecule has 21 heavy (non-hydrogen) atoms. The lowest BCUT2D eigenvalue weighted by Gasteiger charge is -2.33. The number of piperazine rings is 1. The zero-order valence-electron chi connectivity index (χ0n) is 12.0. The van der Waals surface area contributed by atoms with E-state index in [0.717, 1.165) is 4.47 Å². The van der Waals surface area contributed by atoms with Crippen LogP contribution in [0.5, 0.6) is 0 Å². The van der Waals surface area contributed by atoms with Crippen LogP contribution < -0.4 is 5.14 Å². The fourth-order valence-electron chi connectivity index (χ4n) is 2.35. The zero-order chi connectivity index (χ0) is 15.8. The van der Waals surface area contributed by atoms with Gasteiger partial charge in [0, 0.05) is 42.9 Å². The summed E-state index contributed by atoms with van der Waals surface area (Å²) < 4.78 is 26.5. The third-order valence-corrected chi connectivity index (χ3v) is 4.99. The van der Waals surface area contributed by atoms with Crippen molar-refractivity contribution in [1.29, 1.82) is 0 Å². The molecule has 1 aliphatic rings. The topological polar surface area (TPSA) is 88.6 Å². The van der Waals surface area contributed by atoms with Crippen molar-refractivity contribution in [3.63, 3.8) is 0 Å². The highest BCUT2D eigenvalue weighted by Gasteiger charge is 2.28. The maximum Gasteiger partial charge on any atom is 0.277 e. The van der Waals surface area contributed by atoms with Gasteiger partial charge in [0.2, 0.25) is 0 Å². The van der Waals surface area contributed by atoms with Crippen molar-refractivity contribution in [3.05, 3.63) is 22.4 Å². The Bertz CT molecular complexity index is 633. The molecule has 1 aromatic heterocycles.